The van der Waals surface area contributed by atoms with Crippen LogP contribution in [0, 0.1) is 0 Å². The normalized spacial score (nSPS) is 17.9. The Hall–Kier alpha value is -4.07. The third-order valence-corrected chi connectivity index (χ3v) is 6.65. The van der Waals surface area contributed by atoms with Crippen LogP contribution in [0.3, 0.4) is 0 Å². The van der Waals surface area contributed by atoms with Gasteiger partial charge in [0.05, 0.1) is 25.4 Å². The van der Waals surface area contributed by atoms with E-state index in [9.17, 15) is 9.90 Å². The lowest BCUT2D eigenvalue weighted by Crippen LogP contribution is -2.40. The molecule has 2 aromatic rings. The van der Waals surface area contributed by atoms with Crippen LogP contribution in [0.4, 0.5) is 17.3 Å². The van der Waals surface area contributed by atoms with Gasteiger partial charge in [0.1, 0.15) is 17.7 Å². The van der Waals surface area contributed by atoms with E-state index in [1.807, 2.05) is 55.5 Å². The van der Waals surface area contributed by atoms with Gasteiger partial charge in [0.2, 0.25) is 5.91 Å². The minimum absolute atomic E-state index is 0.00406. The van der Waals surface area contributed by atoms with Gasteiger partial charge in [-0.15, -0.1) is 0 Å². The van der Waals surface area contributed by atoms with Crippen molar-refractivity contribution in [1.29, 1.82) is 0 Å². The van der Waals surface area contributed by atoms with E-state index in [-0.39, 0.29) is 12.0 Å². The van der Waals surface area contributed by atoms with Crippen LogP contribution in [0.5, 0.6) is 0 Å². The number of allylic oxidation sites excluding steroid dienone is 5. The molecule has 1 unspecified atom stereocenters. The molecule has 0 saturated carbocycles. The molecule has 1 aromatic heterocycles. The molecule has 1 aliphatic carbocycles. The molecule has 3 N–H and O–H groups in total. The van der Waals surface area contributed by atoms with Crippen molar-refractivity contribution >= 4 is 23.2 Å². The summed E-state index contributed by atoms with van der Waals surface area (Å²) >= 11 is 0. The second-order valence-corrected chi connectivity index (χ2v) is 9.81. The number of carbonyl (C=O) groups excluding carboxylic acids is 1. The molecule has 2 aliphatic rings. The van der Waals surface area contributed by atoms with Crippen molar-refractivity contribution in [2.45, 2.75) is 58.5 Å². The second kappa shape index (κ2) is 14.2. The highest BCUT2D eigenvalue weighted by atomic mass is 16.5. The Bertz CT molecular complexity index is 1230. The first kappa shape index (κ1) is 28.0. The molecule has 1 aromatic carbocycles. The van der Waals surface area contributed by atoms with Crippen LogP contribution in [0.2, 0.25) is 0 Å². The lowest BCUT2D eigenvalue weighted by atomic mass is 10.1. The van der Waals surface area contributed by atoms with Gasteiger partial charge in [-0.1, -0.05) is 43.4 Å². The molecule has 1 fully saturated rings. The molecule has 2 heterocycles. The van der Waals surface area contributed by atoms with Crippen molar-refractivity contribution in [3.63, 3.8) is 0 Å². The smallest absolute Gasteiger partial charge is 0.224 e. The van der Waals surface area contributed by atoms with Crippen LogP contribution in [-0.4, -0.2) is 46.7 Å². The standard InChI is InChI=1S/C31H39N5O3/c1-3-8-24(9-4-2)19-33-31(38)18-23-13-15-25(16-14-23)34-29-20-32-21-30(35-29)36-17-7-10-26(22-36)39-28-12-6-5-11-27(28)37/h3,6,8-9,12-16,20-21,26,37H,4-5,7,10-11,17-19,22H2,1-2H3,(H,33,38)(H,34,35)/b8-3-,24-9+. The predicted molar refractivity (Wildman–Crippen MR) is 156 cm³/mol. The molecule has 1 atom stereocenters. The van der Waals surface area contributed by atoms with E-state index in [1.165, 1.54) is 0 Å². The van der Waals surface area contributed by atoms with Gasteiger partial charge in [0, 0.05) is 25.2 Å². The molecule has 8 nitrogen and oxygen atoms in total. The van der Waals surface area contributed by atoms with Gasteiger partial charge in [-0.2, -0.15) is 0 Å². The monoisotopic (exact) mass is 529 g/mol. The predicted octanol–water partition coefficient (Wildman–Crippen LogP) is 5.90. The van der Waals surface area contributed by atoms with E-state index in [2.05, 4.69) is 33.5 Å². The number of rotatable bonds is 11. The first-order valence-electron chi connectivity index (χ1n) is 13.8. The number of hydrogen-bond acceptors (Lipinski definition) is 7. The van der Waals surface area contributed by atoms with Crippen molar-refractivity contribution < 1.29 is 14.6 Å². The highest BCUT2D eigenvalue weighted by Crippen LogP contribution is 2.25. The van der Waals surface area contributed by atoms with Gasteiger partial charge < -0.3 is 25.4 Å². The molecular weight excluding hydrogens is 490 g/mol. The number of nitrogens with one attached hydrogen (secondary N) is 2. The molecule has 206 valence electrons. The SMILES string of the molecule is C/C=C\C(=C/CC)CNC(=O)Cc1ccc(Nc2cncc(N3CCCC(OC4=C(O)CCC=C4)C3)n2)cc1. The van der Waals surface area contributed by atoms with E-state index in [0.29, 0.717) is 43.3 Å². The summed E-state index contributed by atoms with van der Waals surface area (Å²) in [5.41, 5.74) is 2.93. The minimum Gasteiger partial charge on any atom is -0.508 e. The zero-order valence-electron chi connectivity index (χ0n) is 22.9. The number of amides is 1. The zero-order valence-corrected chi connectivity index (χ0v) is 22.9. The van der Waals surface area contributed by atoms with Crippen molar-refractivity contribution in [1.82, 2.24) is 15.3 Å². The maximum atomic E-state index is 12.4. The summed E-state index contributed by atoms with van der Waals surface area (Å²) in [7, 11) is 0. The van der Waals surface area contributed by atoms with Crippen molar-refractivity contribution in [3.8, 4) is 0 Å². The highest BCUT2D eigenvalue weighted by Gasteiger charge is 2.24. The lowest BCUT2D eigenvalue weighted by molar-refractivity contribution is -0.120. The number of aromatic nitrogens is 2. The Morgan fingerprint density at radius 2 is 2.10 bits per heavy atom. The third-order valence-electron chi connectivity index (χ3n) is 6.65. The van der Waals surface area contributed by atoms with Crippen LogP contribution >= 0.6 is 0 Å². The fourth-order valence-electron chi connectivity index (χ4n) is 4.71. The zero-order chi connectivity index (χ0) is 27.5. The fraction of sp³-hybridized carbons (Fsp3) is 0.387. The second-order valence-electron chi connectivity index (χ2n) is 9.81. The van der Waals surface area contributed by atoms with E-state index < -0.39 is 0 Å². The molecule has 39 heavy (non-hydrogen) atoms. The van der Waals surface area contributed by atoms with Crippen LogP contribution in [0.15, 0.2) is 84.1 Å². The van der Waals surface area contributed by atoms with Gasteiger partial charge in [-0.05, 0) is 62.0 Å². The number of carbonyl (C=O) groups is 1. The maximum Gasteiger partial charge on any atom is 0.224 e. The number of aliphatic hydroxyl groups is 1. The van der Waals surface area contributed by atoms with E-state index in [4.69, 9.17) is 9.72 Å². The van der Waals surface area contributed by atoms with Gasteiger partial charge in [-0.3, -0.25) is 9.78 Å². The number of benzene rings is 1. The largest absolute Gasteiger partial charge is 0.508 e. The van der Waals surface area contributed by atoms with Gasteiger partial charge >= 0.3 is 0 Å². The van der Waals surface area contributed by atoms with Crippen LogP contribution in [0.1, 0.15) is 51.5 Å². The van der Waals surface area contributed by atoms with Crippen LogP contribution in [0.25, 0.3) is 0 Å². The number of nitrogens with zero attached hydrogens (tertiary/aromatic N) is 3. The molecule has 8 heteroatoms. The topological polar surface area (TPSA) is 99.6 Å². The van der Waals surface area contributed by atoms with E-state index in [1.54, 1.807) is 12.4 Å². The Morgan fingerprint density at radius 1 is 1.26 bits per heavy atom. The maximum absolute atomic E-state index is 12.4. The van der Waals surface area contributed by atoms with Gasteiger partial charge in [0.15, 0.2) is 11.6 Å². The third kappa shape index (κ3) is 8.46. The molecule has 4 rings (SSSR count). The fourth-order valence-corrected chi connectivity index (χ4v) is 4.71. The quantitative estimate of drug-likeness (QED) is 0.312. The van der Waals surface area contributed by atoms with Gasteiger partial charge in [-0.25, -0.2) is 4.98 Å². The lowest BCUT2D eigenvalue weighted by Gasteiger charge is -2.34. The minimum atomic E-state index is -0.0147. The summed E-state index contributed by atoms with van der Waals surface area (Å²) in [6.45, 7) is 6.16. The van der Waals surface area contributed by atoms with Crippen molar-refractivity contribution in [2.75, 3.05) is 29.9 Å². The van der Waals surface area contributed by atoms with E-state index in [0.717, 1.165) is 54.9 Å². The summed E-state index contributed by atoms with van der Waals surface area (Å²) in [6, 6.07) is 7.79. The first-order chi connectivity index (χ1) is 19.0. The Balaban J connectivity index is 1.31. The Labute approximate surface area is 231 Å². The molecule has 0 bridgehead atoms. The molecule has 1 aliphatic heterocycles. The van der Waals surface area contributed by atoms with Crippen molar-refractivity contribution in [3.05, 3.63) is 89.7 Å². The summed E-state index contributed by atoms with van der Waals surface area (Å²) in [4.78, 5) is 23.8. The number of piperidine rings is 1. The van der Waals surface area contributed by atoms with Crippen molar-refractivity contribution in [2.24, 2.45) is 0 Å². The molecule has 0 radical (unpaired) electrons. The molecule has 1 saturated heterocycles. The van der Waals surface area contributed by atoms with Crippen LogP contribution < -0.4 is 15.5 Å². The van der Waals surface area contributed by atoms with Gasteiger partial charge in [0.25, 0.3) is 0 Å². The Kier molecular flexibility index (Phi) is 10.2. The average Bonchev–Trinajstić information content (AvgIpc) is 2.95. The molecule has 1 amide bonds. The number of anilines is 3. The summed E-state index contributed by atoms with van der Waals surface area (Å²) in [5.74, 6) is 2.34. The number of hydrogen-bond donors (Lipinski definition) is 3. The number of ether oxygens (including phenoxy) is 1. The van der Waals surface area contributed by atoms with Crippen LogP contribution in [-0.2, 0) is 16.0 Å². The average molecular weight is 530 g/mol. The molecule has 0 spiro atoms. The molecular formula is C31H39N5O3. The van der Waals surface area contributed by atoms with E-state index >= 15 is 0 Å². The highest BCUT2D eigenvalue weighted by molar-refractivity contribution is 5.79. The summed E-state index contributed by atoms with van der Waals surface area (Å²) < 4.78 is 6.11. The Morgan fingerprint density at radius 3 is 2.87 bits per heavy atom. The summed E-state index contributed by atoms with van der Waals surface area (Å²) in [5, 5.41) is 16.4. The first-order valence-corrected chi connectivity index (χ1v) is 13.8. The summed E-state index contributed by atoms with van der Waals surface area (Å²) in [6.07, 6.45) is 18.1. The number of aliphatic hydroxyl groups excluding tert-OH is 1.